The number of carboxylic acid groups (broad SMARTS) is 1. The van der Waals surface area contributed by atoms with Crippen LogP contribution in [0, 0.1) is 0 Å². The minimum absolute atomic E-state index is 0.179. The molecule has 0 aliphatic rings. The van der Waals surface area contributed by atoms with E-state index in [9.17, 15) is 19.5 Å². The van der Waals surface area contributed by atoms with E-state index in [0.29, 0.717) is 17.4 Å². The van der Waals surface area contributed by atoms with Crippen LogP contribution in [0.25, 0.3) is 0 Å². The highest BCUT2D eigenvalue weighted by Gasteiger charge is 2.25. The summed E-state index contributed by atoms with van der Waals surface area (Å²) in [5.74, 6) is -1.99. The topological polar surface area (TPSA) is 108 Å². The number of rotatable bonds is 59. The molecule has 0 spiro atoms. The smallest absolute Gasteiger partial charge is 0.361 e. The standard InChI is InChI=1S/C69H121NO8/c1-6-8-10-12-14-16-18-20-22-23-24-25-26-27-28-29-30-31-32-33-34-35-36-37-38-39-40-41-42-43-44-45-46-48-50-52-54-56-58-60-67(72)78-65(64-77-69(68(73)74)75-62-61-70(3,4)5)63-76-66(71)59-57-55-53-51-49-47-21-19-17-15-13-11-9-7-2/h8,10,14,16,20,22,24-25,27-28,30-31,33-34,65,69H,6-7,9,11-13,15,17-19,21,23,26,29,32,35-64H2,1-5H3/p+1/b10-8-,16-14-,22-20-,25-24-,28-27-,31-30-,34-33-. The van der Waals surface area contributed by atoms with Crippen LogP contribution in [0.15, 0.2) is 85.1 Å². The van der Waals surface area contributed by atoms with Crippen molar-refractivity contribution in [1.82, 2.24) is 0 Å². The Morgan fingerprint density at radius 2 is 0.731 bits per heavy atom. The van der Waals surface area contributed by atoms with Gasteiger partial charge in [-0.3, -0.25) is 9.59 Å². The fourth-order valence-corrected chi connectivity index (χ4v) is 9.00. The number of nitrogens with zero attached hydrogens (tertiary/aromatic N) is 1. The second-order valence-electron chi connectivity index (χ2n) is 22.7. The maximum atomic E-state index is 12.9. The molecule has 2 atom stereocenters. The van der Waals surface area contributed by atoms with Crippen molar-refractivity contribution >= 4 is 17.9 Å². The van der Waals surface area contributed by atoms with Crippen molar-refractivity contribution < 1.29 is 42.9 Å². The summed E-state index contributed by atoms with van der Waals surface area (Å²) in [6.45, 7) is 4.79. The third-order valence-electron chi connectivity index (χ3n) is 13.9. The Balaban J connectivity index is 4.02. The molecule has 0 aromatic heterocycles. The first-order chi connectivity index (χ1) is 38.1. The van der Waals surface area contributed by atoms with Gasteiger partial charge in [-0.05, 0) is 70.6 Å². The number of hydrogen-bond acceptors (Lipinski definition) is 7. The number of hydrogen-bond donors (Lipinski definition) is 1. The first-order valence-corrected chi connectivity index (χ1v) is 32.3. The average molecular weight is 1090 g/mol. The van der Waals surface area contributed by atoms with Crippen molar-refractivity contribution in [2.45, 2.75) is 289 Å². The number of carbonyl (C=O) groups excluding carboxylic acids is 2. The zero-order valence-corrected chi connectivity index (χ0v) is 51.3. The number of quaternary nitrogens is 1. The van der Waals surface area contributed by atoms with Gasteiger partial charge < -0.3 is 28.5 Å². The second kappa shape index (κ2) is 59.6. The van der Waals surface area contributed by atoms with E-state index < -0.39 is 24.3 Å². The Labute approximate surface area is 480 Å². The molecule has 0 heterocycles. The Hall–Kier alpha value is -3.53. The first kappa shape index (κ1) is 74.5. The molecule has 0 radical (unpaired) electrons. The highest BCUT2D eigenvalue weighted by molar-refractivity contribution is 5.71. The van der Waals surface area contributed by atoms with E-state index in [0.717, 1.165) is 83.5 Å². The Bertz CT molecular complexity index is 1550. The number of likely N-dealkylation sites (N-methyl/N-ethyl adjacent to an activating group) is 1. The third-order valence-corrected chi connectivity index (χ3v) is 13.9. The van der Waals surface area contributed by atoms with Gasteiger partial charge in [0.05, 0.1) is 34.4 Å². The van der Waals surface area contributed by atoms with Crippen molar-refractivity contribution in [1.29, 1.82) is 0 Å². The highest BCUT2D eigenvalue weighted by atomic mass is 16.7. The van der Waals surface area contributed by atoms with Gasteiger partial charge in [0, 0.05) is 12.8 Å². The van der Waals surface area contributed by atoms with Gasteiger partial charge in [-0.15, -0.1) is 0 Å². The van der Waals surface area contributed by atoms with E-state index in [1.54, 1.807) is 0 Å². The molecule has 0 saturated carbocycles. The van der Waals surface area contributed by atoms with Crippen molar-refractivity contribution in [2.75, 3.05) is 47.5 Å². The second-order valence-corrected chi connectivity index (χ2v) is 22.7. The highest BCUT2D eigenvalue weighted by Crippen LogP contribution is 2.17. The number of aliphatic carboxylic acids is 1. The number of ether oxygens (including phenoxy) is 4. The van der Waals surface area contributed by atoms with E-state index in [-0.39, 0.29) is 32.2 Å². The zero-order valence-electron chi connectivity index (χ0n) is 51.3. The number of allylic oxidation sites excluding steroid dienone is 14. The SMILES string of the molecule is CC/C=C\C/C=C\C/C=C\C/C=C\C/C=C\C/C=C\C/C=C\CCCCCCCCCCCCCCCCCCCC(=O)OC(COC(=O)CCCCCCCCCCCCCCCC)COC(OCC[N+](C)(C)C)C(=O)O. The molecule has 0 aromatic rings. The number of carboxylic acids is 1. The van der Waals surface area contributed by atoms with Gasteiger partial charge in [0.25, 0.3) is 6.29 Å². The molecule has 0 amide bonds. The lowest BCUT2D eigenvalue weighted by Crippen LogP contribution is -2.40. The fourth-order valence-electron chi connectivity index (χ4n) is 9.00. The summed E-state index contributed by atoms with van der Waals surface area (Å²) in [7, 11) is 5.97. The number of unbranched alkanes of at least 4 members (excludes halogenated alkanes) is 30. The lowest BCUT2D eigenvalue weighted by Gasteiger charge is -2.25. The molecule has 0 fully saturated rings. The van der Waals surface area contributed by atoms with Gasteiger partial charge in [-0.1, -0.05) is 279 Å². The normalized spacial score (nSPS) is 13.3. The summed E-state index contributed by atoms with van der Waals surface area (Å²) in [4.78, 5) is 37.4. The summed E-state index contributed by atoms with van der Waals surface area (Å²) >= 11 is 0. The van der Waals surface area contributed by atoms with Gasteiger partial charge >= 0.3 is 17.9 Å². The van der Waals surface area contributed by atoms with E-state index in [4.69, 9.17) is 18.9 Å². The van der Waals surface area contributed by atoms with Crippen LogP contribution in [0.3, 0.4) is 0 Å². The number of esters is 2. The maximum Gasteiger partial charge on any atom is 0.361 e. The summed E-state index contributed by atoms with van der Waals surface area (Å²) in [6, 6.07) is 0. The molecule has 9 heteroatoms. The van der Waals surface area contributed by atoms with Crippen LogP contribution in [0.1, 0.15) is 277 Å². The molecular formula is C69H122NO8+. The zero-order chi connectivity index (χ0) is 56.9. The summed E-state index contributed by atoms with van der Waals surface area (Å²) in [6.07, 6.45) is 76.9. The first-order valence-electron chi connectivity index (χ1n) is 32.3. The molecule has 0 aliphatic heterocycles. The van der Waals surface area contributed by atoms with E-state index >= 15 is 0 Å². The fraction of sp³-hybridized carbons (Fsp3) is 0.754. The predicted molar refractivity (Wildman–Crippen MR) is 332 cm³/mol. The van der Waals surface area contributed by atoms with Crippen LogP contribution in [0.2, 0.25) is 0 Å². The van der Waals surface area contributed by atoms with Crippen molar-refractivity contribution in [3.8, 4) is 0 Å². The van der Waals surface area contributed by atoms with E-state index in [1.165, 1.54) is 167 Å². The van der Waals surface area contributed by atoms with E-state index in [2.05, 4.69) is 98.9 Å². The molecule has 0 bridgehead atoms. The third kappa shape index (κ3) is 60.1. The van der Waals surface area contributed by atoms with Crippen LogP contribution in [-0.2, 0) is 33.3 Å². The van der Waals surface area contributed by atoms with Crippen LogP contribution in [0.4, 0.5) is 0 Å². The van der Waals surface area contributed by atoms with Crippen molar-refractivity contribution in [3.05, 3.63) is 85.1 Å². The van der Waals surface area contributed by atoms with Gasteiger partial charge in [0.15, 0.2) is 6.10 Å². The van der Waals surface area contributed by atoms with Gasteiger partial charge in [0.2, 0.25) is 0 Å². The Kier molecular flexibility index (Phi) is 56.9. The molecule has 2 unspecified atom stereocenters. The summed E-state index contributed by atoms with van der Waals surface area (Å²) in [5, 5.41) is 9.71. The quantitative estimate of drug-likeness (QED) is 0.0211. The molecular weight excluding hydrogens is 971 g/mol. The monoisotopic (exact) mass is 1090 g/mol. The summed E-state index contributed by atoms with van der Waals surface area (Å²) in [5.41, 5.74) is 0. The Morgan fingerprint density at radius 1 is 0.397 bits per heavy atom. The predicted octanol–water partition coefficient (Wildman–Crippen LogP) is 19.5. The molecule has 0 rings (SSSR count). The lowest BCUT2D eigenvalue weighted by atomic mass is 10.0. The van der Waals surface area contributed by atoms with Gasteiger partial charge in [0.1, 0.15) is 13.2 Å². The minimum Gasteiger partial charge on any atom is -0.477 e. The van der Waals surface area contributed by atoms with Crippen LogP contribution < -0.4 is 0 Å². The van der Waals surface area contributed by atoms with Gasteiger partial charge in [-0.2, -0.15) is 0 Å². The van der Waals surface area contributed by atoms with Crippen molar-refractivity contribution in [3.63, 3.8) is 0 Å². The molecule has 78 heavy (non-hydrogen) atoms. The van der Waals surface area contributed by atoms with Crippen LogP contribution in [-0.4, -0.2) is 87.4 Å². The van der Waals surface area contributed by atoms with Crippen LogP contribution >= 0.6 is 0 Å². The molecule has 0 aromatic carbocycles. The van der Waals surface area contributed by atoms with Crippen LogP contribution in [0.5, 0.6) is 0 Å². The molecule has 0 aliphatic carbocycles. The van der Waals surface area contributed by atoms with E-state index in [1.807, 2.05) is 21.1 Å². The molecule has 1 N–H and O–H groups in total. The summed E-state index contributed by atoms with van der Waals surface area (Å²) < 4.78 is 22.9. The average Bonchev–Trinajstić information content (AvgIpc) is 3.41. The maximum absolute atomic E-state index is 12.9. The minimum atomic E-state index is -1.51. The lowest BCUT2D eigenvalue weighted by molar-refractivity contribution is -0.870. The molecule has 450 valence electrons. The molecule has 0 saturated heterocycles. The van der Waals surface area contributed by atoms with Gasteiger partial charge in [-0.25, -0.2) is 4.79 Å². The Morgan fingerprint density at radius 3 is 1.09 bits per heavy atom. The van der Waals surface area contributed by atoms with Crippen molar-refractivity contribution in [2.24, 2.45) is 0 Å². The largest absolute Gasteiger partial charge is 0.477 e. The molecule has 9 nitrogen and oxygen atoms in total. The number of carbonyl (C=O) groups is 3.